The standard InChI is InChI=1S/C26H23N3O4/c30-24(19-33-27-18-20-10-3-1-4-11-20)32-17-9-16-29-25(21-12-5-2-6-13-21)28-23-15-8-7-14-22(23)26(29)31/h1-8,10-15,18H,9,16-17,19H2. The lowest BCUT2D eigenvalue weighted by molar-refractivity contribution is -0.149. The maximum atomic E-state index is 13.1. The van der Waals surface area contributed by atoms with Crippen LogP contribution < -0.4 is 5.56 Å². The lowest BCUT2D eigenvalue weighted by Crippen LogP contribution is -2.24. The lowest BCUT2D eigenvalue weighted by atomic mass is 10.1. The number of para-hydroxylation sites is 1. The van der Waals surface area contributed by atoms with E-state index in [1.54, 1.807) is 10.6 Å². The average Bonchev–Trinajstić information content (AvgIpc) is 2.86. The number of ether oxygens (including phenoxy) is 1. The van der Waals surface area contributed by atoms with E-state index in [1.807, 2.05) is 78.9 Å². The summed E-state index contributed by atoms with van der Waals surface area (Å²) in [6.07, 6.45) is 1.98. The molecule has 0 aliphatic heterocycles. The highest BCUT2D eigenvalue weighted by Gasteiger charge is 2.12. The lowest BCUT2D eigenvalue weighted by Gasteiger charge is -2.14. The molecule has 0 spiro atoms. The maximum Gasteiger partial charge on any atom is 0.347 e. The van der Waals surface area contributed by atoms with Crippen LogP contribution in [-0.4, -0.2) is 34.9 Å². The number of nitrogens with zero attached hydrogens (tertiary/aromatic N) is 3. The van der Waals surface area contributed by atoms with Crippen LogP contribution >= 0.6 is 0 Å². The Labute approximate surface area is 190 Å². The fourth-order valence-electron chi connectivity index (χ4n) is 3.36. The van der Waals surface area contributed by atoms with E-state index in [1.165, 1.54) is 6.21 Å². The van der Waals surface area contributed by atoms with Gasteiger partial charge in [0.15, 0.2) is 0 Å². The first-order valence-electron chi connectivity index (χ1n) is 10.6. The summed E-state index contributed by atoms with van der Waals surface area (Å²) in [5.41, 5.74) is 2.25. The predicted octanol–water partition coefficient (Wildman–Crippen LogP) is 4.05. The first-order valence-corrected chi connectivity index (χ1v) is 10.6. The summed E-state index contributed by atoms with van der Waals surface area (Å²) < 4.78 is 6.85. The van der Waals surface area contributed by atoms with E-state index >= 15 is 0 Å². The molecular formula is C26H23N3O4. The van der Waals surface area contributed by atoms with E-state index in [4.69, 9.17) is 14.6 Å². The predicted molar refractivity (Wildman–Crippen MR) is 127 cm³/mol. The van der Waals surface area contributed by atoms with Crippen molar-refractivity contribution in [2.75, 3.05) is 13.2 Å². The molecule has 0 saturated carbocycles. The summed E-state index contributed by atoms with van der Waals surface area (Å²) in [5.74, 6) is 0.0664. The number of carbonyl (C=O) groups is 1. The van der Waals surface area contributed by atoms with Gasteiger partial charge < -0.3 is 9.57 Å². The Kier molecular flexibility index (Phi) is 7.22. The molecular weight excluding hydrogens is 418 g/mol. The molecule has 4 rings (SSSR count). The zero-order chi connectivity index (χ0) is 22.9. The van der Waals surface area contributed by atoms with E-state index in [2.05, 4.69) is 5.16 Å². The molecule has 4 aromatic rings. The van der Waals surface area contributed by atoms with Gasteiger partial charge in [-0.3, -0.25) is 9.36 Å². The van der Waals surface area contributed by atoms with E-state index in [0.29, 0.717) is 29.7 Å². The molecule has 0 aliphatic carbocycles. The topological polar surface area (TPSA) is 82.8 Å². The Morgan fingerprint density at radius 1 is 0.939 bits per heavy atom. The summed E-state index contributed by atoms with van der Waals surface area (Å²) >= 11 is 0. The highest BCUT2D eigenvalue weighted by molar-refractivity contribution is 5.80. The fraction of sp³-hybridized carbons (Fsp3) is 0.154. The number of rotatable bonds is 9. The van der Waals surface area contributed by atoms with Crippen LogP contribution in [0.2, 0.25) is 0 Å². The molecule has 166 valence electrons. The minimum Gasteiger partial charge on any atom is -0.463 e. The van der Waals surface area contributed by atoms with Crippen molar-refractivity contribution in [2.24, 2.45) is 5.16 Å². The zero-order valence-corrected chi connectivity index (χ0v) is 18.0. The quantitative estimate of drug-likeness (QED) is 0.169. The van der Waals surface area contributed by atoms with Crippen molar-refractivity contribution in [1.29, 1.82) is 0 Å². The highest BCUT2D eigenvalue weighted by atomic mass is 16.6. The van der Waals surface area contributed by atoms with Crippen LogP contribution in [0.15, 0.2) is 94.9 Å². The number of hydrogen-bond donors (Lipinski definition) is 0. The second kappa shape index (κ2) is 10.9. The van der Waals surface area contributed by atoms with Gasteiger partial charge >= 0.3 is 5.97 Å². The SMILES string of the molecule is O=C(CON=Cc1ccccc1)OCCCn1c(-c2ccccc2)nc2ccccc2c1=O. The van der Waals surface area contributed by atoms with Crippen LogP contribution in [-0.2, 0) is 20.9 Å². The van der Waals surface area contributed by atoms with Gasteiger partial charge in [0.2, 0.25) is 6.61 Å². The Morgan fingerprint density at radius 3 is 2.42 bits per heavy atom. The van der Waals surface area contributed by atoms with Gasteiger partial charge in [-0.05, 0) is 24.1 Å². The Balaban J connectivity index is 1.36. The van der Waals surface area contributed by atoms with Crippen molar-refractivity contribution in [3.05, 3.63) is 101 Å². The molecule has 0 atom stereocenters. The van der Waals surface area contributed by atoms with Crippen molar-refractivity contribution in [2.45, 2.75) is 13.0 Å². The van der Waals surface area contributed by atoms with Crippen LogP contribution in [0, 0.1) is 0 Å². The molecule has 0 amide bonds. The number of aromatic nitrogens is 2. The van der Waals surface area contributed by atoms with Crippen LogP contribution in [0.25, 0.3) is 22.3 Å². The first-order chi connectivity index (χ1) is 16.2. The molecule has 33 heavy (non-hydrogen) atoms. The number of benzene rings is 3. The molecule has 7 nitrogen and oxygen atoms in total. The van der Waals surface area contributed by atoms with Crippen LogP contribution in [0.1, 0.15) is 12.0 Å². The highest BCUT2D eigenvalue weighted by Crippen LogP contribution is 2.18. The fourth-order valence-corrected chi connectivity index (χ4v) is 3.36. The first kappa shape index (κ1) is 22.0. The molecule has 1 heterocycles. The van der Waals surface area contributed by atoms with Gasteiger partial charge in [0.05, 0.1) is 23.7 Å². The number of hydrogen-bond acceptors (Lipinski definition) is 6. The average molecular weight is 441 g/mol. The van der Waals surface area contributed by atoms with Gasteiger partial charge in [0.1, 0.15) is 5.82 Å². The molecule has 0 bridgehead atoms. The summed E-state index contributed by atoms with van der Waals surface area (Å²) in [7, 11) is 0. The van der Waals surface area contributed by atoms with Crippen molar-refractivity contribution in [3.8, 4) is 11.4 Å². The third-order valence-electron chi connectivity index (χ3n) is 4.94. The third-order valence-corrected chi connectivity index (χ3v) is 4.94. The molecule has 0 N–H and O–H groups in total. The van der Waals surface area contributed by atoms with Crippen molar-refractivity contribution < 1.29 is 14.4 Å². The van der Waals surface area contributed by atoms with Gasteiger partial charge in [0.25, 0.3) is 5.56 Å². The van der Waals surface area contributed by atoms with Gasteiger partial charge in [-0.15, -0.1) is 0 Å². The van der Waals surface area contributed by atoms with Gasteiger partial charge in [-0.1, -0.05) is 78.0 Å². The molecule has 7 heteroatoms. The number of fused-ring (bicyclic) bond motifs is 1. The third kappa shape index (κ3) is 5.71. The van der Waals surface area contributed by atoms with Gasteiger partial charge in [0, 0.05) is 12.1 Å². The Bertz CT molecular complexity index is 1300. The molecule has 0 aliphatic rings. The number of oxime groups is 1. The van der Waals surface area contributed by atoms with Crippen molar-refractivity contribution in [3.63, 3.8) is 0 Å². The van der Waals surface area contributed by atoms with Crippen molar-refractivity contribution in [1.82, 2.24) is 9.55 Å². The van der Waals surface area contributed by atoms with Crippen LogP contribution in [0.4, 0.5) is 0 Å². The van der Waals surface area contributed by atoms with Gasteiger partial charge in [-0.2, -0.15) is 0 Å². The minimum atomic E-state index is -0.521. The molecule has 0 saturated heterocycles. The van der Waals surface area contributed by atoms with E-state index in [9.17, 15) is 9.59 Å². The van der Waals surface area contributed by atoms with Crippen molar-refractivity contribution >= 4 is 23.1 Å². The summed E-state index contributed by atoms with van der Waals surface area (Å²) in [6, 6.07) is 26.3. The number of carbonyl (C=O) groups excluding carboxylic acids is 1. The van der Waals surface area contributed by atoms with Gasteiger partial charge in [-0.25, -0.2) is 9.78 Å². The van der Waals surface area contributed by atoms with E-state index in [-0.39, 0.29) is 18.8 Å². The molecule has 0 unspecified atom stereocenters. The van der Waals surface area contributed by atoms with Crippen LogP contribution in [0.5, 0.6) is 0 Å². The summed E-state index contributed by atoms with van der Waals surface area (Å²) in [6.45, 7) is 0.232. The zero-order valence-electron chi connectivity index (χ0n) is 18.0. The molecule has 0 radical (unpaired) electrons. The minimum absolute atomic E-state index is 0.121. The van der Waals surface area contributed by atoms with E-state index < -0.39 is 5.97 Å². The van der Waals surface area contributed by atoms with Crippen LogP contribution in [0.3, 0.4) is 0 Å². The second-order valence-electron chi connectivity index (χ2n) is 7.27. The smallest absolute Gasteiger partial charge is 0.347 e. The summed E-state index contributed by atoms with van der Waals surface area (Å²) in [4.78, 5) is 34.7. The second-order valence-corrected chi connectivity index (χ2v) is 7.27. The molecule has 3 aromatic carbocycles. The van der Waals surface area contributed by atoms with E-state index in [0.717, 1.165) is 11.1 Å². The maximum absolute atomic E-state index is 13.1. The Hall–Kier alpha value is -4.26. The number of esters is 1. The summed E-state index contributed by atoms with van der Waals surface area (Å²) in [5, 5.41) is 4.32. The Morgan fingerprint density at radius 2 is 1.64 bits per heavy atom. The largest absolute Gasteiger partial charge is 0.463 e. The molecule has 0 fully saturated rings. The normalized spacial score (nSPS) is 11.0. The monoisotopic (exact) mass is 441 g/mol. The molecule has 1 aromatic heterocycles.